The maximum atomic E-state index is 12.6. The second-order valence-corrected chi connectivity index (χ2v) is 6.87. The molecule has 1 saturated heterocycles. The summed E-state index contributed by atoms with van der Waals surface area (Å²) < 4.78 is 11.2. The molecule has 146 valence electrons. The van der Waals surface area contributed by atoms with Crippen LogP contribution in [-0.2, 0) is 0 Å². The first-order chi connectivity index (χ1) is 13.6. The Hall–Kier alpha value is -3.22. The van der Waals surface area contributed by atoms with E-state index in [0.717, 1.165) is 30.3 Å². The van der Waals surface area contributed by atoms with Gasteiger partial charge in [0.25, 0.3) is 0 Å². The third kappa shape index (κ3) is 3.88. The predicted molar refractivity (Wildman–Crippen MR) is 107 cm³/mol. The summed E-state index contributed by atoms with van der Waals surface area (Å²) in [6.07, 6.45) is 0. The molecule has 2 amide bonds. The minimum Gasteiger partial charge on any atom is -0.486 e. The smallest absolute Gasteiger partial charge is 0.321 e. The Morgan fingerprint density at radius 1 is 0.929 bits per heavy atom. The molecule has 0 bridgehead atoms. The highest BCUT2D eigenvalue weighted by Crippen LogP contribution is 2.34. The van der Waals surface area contributed by atoms with Gasteiger partial charge in [0.1, 0.15) is 13.2 Å². The highest BCUT2D eigenvalue weighted by atomic mass is 16.6. The minimum atomic E-state index is -0.150. The van der Waals surface area contributed by atoms with E-state index in [9.17, 15) is 9.59 Å². The van der Waals surface area contributed by atoms with Crippen molar-refractivity contribution in [3.63, 3.8) is 0 Å². The maximum absolute atomic E-state index is 12.6. The standard InChI is InChI=1S/C21H23N3O4/c1-15(25)16-3-2-4-17(13-16)22-21(26)24-9-7-23(8-10-24)18-5-6-19-20(14-18)28-12-11-27-19/h2-6,13-14H,7-12H2,1H3,(H,22,26). The molecule has 28 heavy (non-hydrogen) atoms. The Kier molecular flexibility index (Phi) is 5.06. The Labute approximate surface area is 163 Å². The number of amides is 2. The number of fused-ring (bicyclic) bond motifs is 1. The molecule has 1 fully saturated rings. The molecule has 0 radical (unpaired) electrons. The van der Waals surface area contributed by atoms with E-state index in [1.807, 2.05) is 18.2 Å². The topological polar surface area (TPSA) is 71.1 Å². The van der Waals surface area contributed by atoms with Crippen LogP contribution in [0.3, 0.4) is 0 Å². The van der Waals surface area contributed by atoms with Crippen LogP contribution in [0.15, 0.2) is 42.5 Å². The lowest BCUT2D eigenvalue weighted by Gasteiger charge is -2.36. The summed E-state index contributed by atoms with van der Waals surface area (Å²) in [5.74, 6) is 1.53. The van der Waals surface area contributed by atoms with Crippen molar-refractivity contribution in [1.29, 1.82) is 0 Å². The first-order valence-corrected chi connectivity index (χ1v) is 9.42. The van der Waals surface area contributed by atoms with Crippen LogP contribution in [-0.4, -0.2) is 56.1 Å². The minimum absolute atomic E-state index is 0.0239. The van der Waals surface area contributed by atoms with Gasteiger partial charge in [-0.05, 0) is 31.2 Å². The van der Waals surface area contributed by atoms with Gasteiger partial charge in [-0.1, -0.05) is 12.1 Å². The molecular formula is C21H23N3O4. The first-order valence-electron chi connectivity index (χ1n) is 9.42. The second-order valence-electron chi connectivity index (χ2n) is 6.87. The zero-order chi connectivity index (χ0) is 19.5. The van der Waals surface area contributed by atoms with Crippen LogP contribution in [0.5, 0.6) is 11.5 Å². The number of benzene rings is 2. The highest BCUT2D eigenvalue weighted by molar-refractivity contribution is 5.96. The van der Waals surface area contributed by atoms with Gasteiger partial charge in [0, 0.05) is 49.2 Å². The summed E-state index contributed by atoms with van der Waals surface area (Å²) in [6, 6.07) is 12.8. The normalized spacial score (nSPS) is 15.9. The van der Waals surface area contributed by atoms with Crippen LogP contribution in [0, 0.1) is 0 Å². The van der Waals surface area contributed by atoms with Gasteiger partial charge >= 0.3 is 6.03 Å². The zero-order valence-corrected chi connectivity index (χ0v) is 15.8. The molecule has 2 aromatic rings. The number of carbonyl (C=O) groups is 2. The molecule has 0 aliphatic carbocycles. The quantitative estimate of drug-likeness (QED) is 0.828. The van der Waals surface area contributed by atoms with Gasteiger partial charge < -0.3 is 24.6 Å². The van der Waals surface area contributed by atoms with E-state index in [-0.39, 0.29) is 11.8 Å². The van der Waals surface area contributed by atoms with Crippen molar-refractivity contribution in [3.05, 3.63) is 48.0 Å². The lowest BCUT2D eigenvalue weighted by atomic mass is 10.1. The number of Topliss-reactive ketones (excluding diaryl/α,β-unsaturated/α-hetero) is 1. The van der Waals surface area contributed by atoms with E-state index < -0.39 is 0 Å². The van der Waals surface area contributed by atoms with E-state index in [0.29, 0.717) is 37.6 Å². The van der Waals surface area contributed by atoms with Gasteiger partial charge in [-0.25, -0.2) is 4.79 Å². The SMILES string of the molecule is CC(=O)c1cccc(NC(=O)N2CCN(c3ccc4c(c3)OCCO4)CC2)c1. The van der Waals surface area contributed by atoms with Gasteiger partial charge in [-0.3, -0.25) is 4.79 Å². The molecule has 0 atom stereocenters. The first kappa shape index (κ1) is 18.2. The molecule has 4 rings (SSSR count). The fourth-order valence-electron chi connectivity index (χ4n) is 3.41. The molecule has 1 N–H and O–H groups in total. The summed E-state index contributed by atoms with van der Waals surface area (Å²) in [5, 5.41) is 2.88. The molecule has 0 aromatic heterocycles. The number of ketones is 1. The Balaban J connectivity index is 1.35. The van der Waals surface area contributed by atoms with E-state index in [1.165, 1.54) is 6.92 Å². The summed E-state index contributed by atoms with van der Waals surface area (Å²) in [5.41, 5.74) is 2.28. The van der Waals surface area contributed by atoms with Crippen LogP contribution in [0.4, 0.5) is 16.2 Å². The number of rotatable bonds is 3. The van der Waals surface area contributed by atoms with Crippen LogP contribution in [0.1, 0.15) is 17.3 Å². The highest BCUT2D eigenvalue weighted by Gasteiger charge is 2.23. The molecule has 0 unspecified atom stereocenters. The van der Waals surface area contributed by atoms with Crippen LogP contribution in [0.2, 0.25) is 0 Å². The number of hydrogen-bond donors (Lipinski definition) is 1. The third-order valence-electron chi connectivity index (χ3n) is 4.98. The number of nitrogens with one attached hydrogen (secondary N) is 1. The number of piperazine rings is 1. The van der Waals surface area contributed by atoms with Crippen molar-refractivity contribution in [2.75, 3.05) is 49.6 Å². The van der Waals surface area contributed by atoms with Crippen molar-refractivity contribution < 1.29 is 19.1 Å². The zero-order valence-electron chi connectivity index (χ0n) is 15.8. The van der Waals surface area contributed by atoms with Crippen molar-refractivity contribution in [1.82, 2.24) is 4.90 Å². The number of urea groups is 1. The van der Waals surface area contributed by atoms with E-state index in [4.69, 9.17) is 9.47 Å². The number of nitrogens with zero attached hydrogens (tertiary/aromatic N) is 2. The Morgan fingerprint density at radius 2 is 1.68 bits per heavy atom. The Morgan fingerprint density at radius 3 is 2.43 bits per heavy atom. The fourth-order valence-corrected chi connectivity index (χ4v) is 3.41. The number of hydrogen-bond acceptors (Lipinski definition) is 5. The summed E-state index contributed by atoms with van der Waals surface area (Å²) in [6.45, 7) is 5.36. The van der Waals surface area contributed by atoms with Gasteiger partial charge in [0.2, 0.25) is 0 Å². The summed E-state index contributed by atoms with van der Waals surface area (Å²) in [4.78, 5) is 28.1. The van der Waals surface area contributed by atoms with Crippen LogP contribution >= 0.6 is 0 Å². The third-order valence-corrected chi connectivity index (χ3v) is 4.98. The monoisotopic (exact) mass is 381 g/mol. The lowest BCUT2D eigenvalue weighted by molar-refractivity contribution is 0.101. The maximum Gasteiger partial charge on any atom is 0.321 e. The van der Waals surface area contributed by atoms with Crippen molar-refractivity contribution >= 4 is 23.2 Å². The molecule has 2 aliphatic heterocycles. The molecule has 2 aliphatic rings. The molecule has 2 aromatic carbocycles. The van der Waals surface area contributed by atoms with E-state index in [2.05, 4.69) is 10.2 Å². The molecule has 7 nitrogen and oxygen atoms in total. The average molecular weight is 381 g/mol. The molecule has 7 heteroatoms. The summed E-state index contributed by atoms with van der Waals surface area (Å²) in [7, 11) is 0. The van der Waals surface area contributed by atoms with Gasteiger partial charge in [0.15, 0.2) is 17.3 Å². The van der Waals surface area contributed by atoms with E-state index in [1.54, 1.807) is 29.2 Å². The van der Waals surface area contributed by atoms with Gasteiger partial charge in [-0.15, -0.1) is 0 Å². The molecule has 2 heterocycles. The second kappa shape index (κ2) is 7.80. The van der Waals surface area contributed by atoms with Crippen LogP contribution in [0.25, 0.3) is 0 Å². The predicted octanol–water partition coefficient (Wildman–Crippen LogP) is 3.01. The molecule has 0 saturated carbocycles. The van der Waals surface area contributed by atoms with Crippen LogP contribution < -0.4 is 19.7 Å². The van der Waals surface area contributed by atoms with Gasteiger partial charge in [0.05, 0.1) is 0 Å². The average Bonchev–Trinajstić information content (AvgIpc) is 2.73. The summed E-state index contributed by atoms with van der Waals surface area (Å²) >= 11 is 0. The number of carbonyl (C=O) groups excluding carboxylic acids is 2. The number of anilines is 2. The molecular weight excluding hydrogens is 358 g/mol. The van der Waals surface area contributed by atoms with E-state index >= 15 is 0 Å². The van der Waals surface area contributed by atoms with Crippen molar-refractivity contribution in [2.45, 2.75) is 6.92 Å². The molecule has 0 spiro atoms. The largest absolute Gasteiger partial charge is 0.486 e. The van der Waals surface area contributed by atoms with Crippen molar-refractivity contribution in [2.24, 2.45) is 0 Å². The van der Waals surface area contributed by atoms with Gasteiger partial charge in [-0.2, -0.15) is 0 Å². The number of ether oxygens (including phenoxy) is 2. The lowest BCUT2D eigenvalue weighted by Crippen LogP contribution is -2.50. The Bertz CT molecular complexity index is 891. The van der Waals surface area contributed by atoms with Crippen molar-refractivity contribution in [3.8, 4) is 11.5 Å². The fraction of sp³-hybridized carbons (Fsp3) is 0.333.